The van der Waals surface area contributed by atoms with Crippen molar-refractivity contribution in [2.24, 2.45) is 0 Å². The molecular formula is C29H53ClN3O7P. The Morgan fingerprint density at radius 1 is 0.561 bits per heavy atom. The predicted molar refractivity (Wildman–Crippen MR) is 173 cm³/mol. The summed E-state index contributed by atoms with van der Waals surface area (Å²) in [5.74, 6) is -1.48. The van der Waals surface area contributed by atoms with E-state index >= 15 is 0 Å². The van der Waals surface area contributed by atoms with Crippen LogP contribution in [0.2, 0.25) is 0 Å². The summed E-state index contributed by atoms with van der Waals surface area (Å²) >= 11 is 0. The van der Waals surface area contributed by atoms with Gasteiger partial charge in [0.25, 0.3) is 0 Å². The molecule has 0 amide bonds. The summed E-state index contributed by atoms with van der Waals surface area (Å²) in [7, 11) is -3.84. The van der Waals surface area contributed by atoms with Crippen LogP contribution in [0.3, 0.4) is 0 Å². The Hall–Kier alpha value is -2.30. The van der Waals surface area contributed by atoms with E-state index in [2.05, 4.69) is 49.3 Å². The summed E-state index contributed by atoms with van der Waals surface area (Å²) < 4.78 is 10.6. The summed E-state index contributed by atoms with van der Waals surface area (Å²) in [6.07, 6.45) is 13.0. The van der Waals surface area contributed by atoms with Crippen LogP contribution in [0, 0.1) is 0 Å². The lowest BCUT2D eigenvalue weighted by atomic mass is 10.3. The van der Waals surface area contributed by atoms with Gasteiger partial charge in [0.05, 0.1) is 6.16 Å². The van der Waals surface area contributed by atoms with Gasteiger partial charge in [-0.1, -0.05) is 36.5 Å². The summed E-state index contributed by atoms with van der Waals surface area (Å²) in [5.41, 5.74) is 0. The lowest BCUT2D eigenvalue weighted by Crippen LogP contribution is -2.25. The molecule has 0 aliphatic rings. The minimum absolute atomic E-state index is 0. The Kier molecular flexibility index (Phi) is 35.9. The van der Waals surface area contributed by atoms with Crippen LogP contribution < -0.4 is 0 Å². The number of nitrogens with zero attached hydrogens (tertiary/aromatic N) is 3. The fraction of sp³-hybridized carbons (Fsp3) is 0.517. The molecule has 0 aromatic heterocycles. The highest BCUT2D eigenvalue weighted by atomic mass is 35.5. The zero-order chi connectivity index (χ0) is 31.2. The Morgan fingerprint density at radius 2 is 0.805 bits per heavy atom. The van der Waals surface area contributed by atoms with Crippen molar-refractivity contribution < 1.29 is 34.2 Å². The molecule has 0 aromatic carbocycles. The van der Waals surface area contributed by atoms with E-state index in [1.165, 1.54) is 0 Å². The molecule has 41 heavy (non-hydrogen) atoms. The Morgan fingerprint density at radius 3 is 1.00 bits per heavy atom. The third kappa shape index (κ3) is 39.9. The van der Waals surface area contributed by atoms with Crippen molar-refractivity contribution >= 4 is 31.9 Å². The topological polar surface area (TPSA) is 142 Å². The standard InChI is InChI=1S/2C10H17NO2.C9H18NO3P.ClH/c2*1-3-7-11(8-4-2)9-5-6-10(12)13;1-3-6-10(7-4-2)8-5-9-14(11,12)13;/h2*3-4H,1-2,5-9H2,(H,12,13);3-4H,1-2,5-9H2,(H2,11,12,13);1H. The molecule has 0 saturated heterocycles. The van der Waals surface area contributed by atoms with Crippen LogP contribution in [0.4, 0.5) is 0 Å². The third-order valence-corrected chi connectivity index (χ3v) is 5.88. The van der Waals surface area contributed by atoms with Gasteiger partial charge in [-0.05, 0) is 38.9 Å². The average molecular weight is 622 g/mol. The minimum atomic E-state index is -3.84. The molecule has 0 aliphatic heterocycles. The van der Waals surface area contributed by atoms with E-state index in [9.17, 15) is 14.2 Å². The Bertz CT molecular complexity index is 720. The average Bonchev–Trinajstić information content (AvgIpc) is 2.84. The molecule has 0 saturated carbocycles. The molecule has 0 atom stereocenters. The molecule has 0 unspecified atom stereocenters. The van der Waals surface area contributed by atoms with Crippen molar-refractivity contribution in [3.63, 3.8) is 0 Å². The van der Waals surface area contributed by atoms with Crippen LogP contribution in [0.5, 0.6) is 0 Å². The van der Waals surface area contributed by atoms with E-state index in [-0.39, 0.29) is 31.4 Å². The molecule has 0 radical (unpaired) electrons. The van der Waals surface area contributed by atoms with Crippen LogP contribution in [-0.4, -0.2) is 112 Å². The number of carboxylic acid groups (broad SMARTS) is 2. The van der Waals surface area contributed by atoms with Crippen molar-refractivity contribution in [1.82, 2.24) is 14.7 Å². The van der Waals surface area contributed by atoms with Crippen molar-refractivity contribution in [2.45, 2.75) is 32.1 Å². The molecule has 0 aliphatic carbocycles. The second-order valence-corrected chi connectivity index (χ2v) is 10.5. The number of aliphatic carboxylic acids is 2. The zero-order valence-electron chi connectivity index (χ0n) is 24.5. The minimum Gasteiger partial charge on any atom is -0.481 e. The van der Waals surface area contributed by atoms with Gasteiger partial charge in [0.2, 0.25) is 0 Å². The smallest absolute Gasteiger partial charge is 0.325 e. The first-order valence-electron chi connectivity index (χ1n) is 13.2. The van der Waals surface area contributed by atoms with E-state index < -0.39 is 19.5 Å². The van der Waals surface area contributed by atoms with Crippen LogP contribution in [0.25, 0.3) is 0 Å². The van der Waals surface area contributed by atoms with Gasteiger partial charge in [0.15, 0.2) is 0 Å². The van der Waals surface area contributed by atoms with Gasteiger partial charge in [0, 0.05) is 52.1 Å². The maximum atomic E-state index is 10.6. The molecular weight excluding hydrogens is 569 g/mol. The third-order valence-electron chi connectivity index (χ3n) is 4.98. The van der Waals surface area contributed by atoms with Gasteiger partial charge in [-0.3, -0.25) is 28.9 Å². The van der Waals surface area contributed by atoms with Gasteiger partial charge < -0.3 is 20.0 Å². The summed E-state index contributed by atoms with van der Waals surface area (Å²) in [6.45, 7) is 28.5. The number of hydrogen-bond acceptors (Lipinski definition) is 6. The lowest BCUT2D eigenvalue weighted by Gasteiger charge is -2.18. The summed E-state index contributed by atoms with van der Waals surface area (Å²) in [5, 5.41) is 16.9. The molecule has 12 heteroatoms. The van der Waals surface area contributed by atoms with Crippen LogP contribution in [-0.2, 0) is 14.2 Å². The molecule has 0 bridgehead atoms. The van der Waals surface area contributed by atoms with Crippen molar-refractivity contribution in [3.05, 3.63) is 75.9 Å². The molecule has 10 nitrogen and oxygen atoms in total. The highest BCUT2D eigenvalue weighted by Crippen LogP contribution is 2.34. The molecule has 4 N–H and O–H groups in total. The second kappa shape index (κ2) is 32.2. The quantitative estimate of drug-likeness (QED) is 0.0885. The number of hydrogen-bond donors (Lipinski definition) is 4. The highest BCUT2D eigenvalue weighted by molar-refractivity contribution is 7.51. The zero-order valence-corrected chi connectivity index (χ0v) is 26.2. The van der Waals surface area contributed by atoms with Crippen molar-refractivity contribution in [1.29, 1.82) is 0 Å². The monoisotopic (exact) mass is 621 g/mol. The molecule has 238 valence electrons. The lowest BCUT2D eigenvalue weighted by molar-refractivity contribution is -0.138. The Balaban J connectivity index is -0.000000248. The highest BCUT2D eigenvalue weighted by Gasteiger charge is 2.12. The number of carboxylic acids is 2. The van der Waals surface area contributed by atoms with E-state index in [4.69, 9.17) is 20.0 Å². The molecule has 0 spiro atoms. The van der Waals surface area contributed by atoms with Crippen LogP contribution in [0.15, 0.2) is 75.9 Å². The van der Waals surface area contributed by atoms with Crippen LogP contribution >= 0.6 is 20.0 Å². The predicted octanol–water partition coefficient (Wildman–Crippen LogP) is 4.70. The van der Waals surface area contributed by atoms with Crippen molar-refractivity contribution in [3.8, 4) is 0 Å². The van der Waals surface area contributed by atoms with Crippen molar-refractivity contribution in [2.75, 3.05) is 65.1 Å². The van der Waals surface area contributed by atoms with E-state index in [0.29, 0.717) is 38.9 Å². The van der Waals surface area contributed by atoms with Gasteiger partial charge in [-0.2, -0.15) is 0 Å². The first-order valence-corrected chi connectivity index (χ1v) is 15.0. The summed E-state index contributed by atoms with van der Waals surface area (Å²) in [6, 6.07) is 0. The number of halogens is 1. The fourth-order valence-corrected chi connectivity index (χ4v) is 3.83. The summed E-state index contributed by atoms with van der Waals surface area (Å²) in [4.78, 5) is 44.0. The number of carbonyl (C=O) groups is 2. The molecule has 0 rings (SSSR count). The number of rotatable bonds is 24. The molecule has 0 aromatic rings. The van der Waals surface area contributed by atoms with Gasteiger partial charge in [-0.15, -0.1) is 51.9 Å². The van der Waals surface area contributed by atoms with Gasteiger partial charge >= 0.3 is 19.5 Å². The second-order valence-electron chi connectivity index (χ2n) is 8.75. The van der Waals surface area contributed by atoms with E-state index in [0.717, 1.165) is 39.3 Å². The van der Waals surface area contributed by atoms with Gasteiger partial charge in [-0.25, -0.2) is 0 Å². The normalized spacial score (nSPS) is 10.3. The molecule has 0 fully saturated rings. The Labute approximate surface area is 253 Å². The largest absolute Gasteiger partial charge is 0.481 e. The first kappa shape index (κ1) is 45.7. The van der Waals surface area contributed by atoms with Crippen LogP contribution in [0.1, 0.15) is 32.1 Å². The van der Waals surface area contributed by atoms with E-state index in [1.54, 1.807) is 12.2 Å². The van der Waals surface area contributed by atoms with E-state index in [1.807, 2.05) is 29.2 Å². The molecule has 0 heterocycles. The SMILES string of the molecule is C=CCN(CC=C)CCCC(=O)O.C=CCN(CC=C)CCCC(=O)O.C=CCN(CC=C)CCCP(=O)(O)O.Cl. The maximum absolute atomic E-state index is 10.6. The maximum Gasteiger partial charge on any atom is 0.325 e. The van der Waals surface area contributed by atoms with Gasteiger partial charge in [0.1, 0.15) is 0 Å². The first-order chi connectivity index (χ1) is 18.9. The fourth-order valence-electron chi connectivity index (χ4n) is 3.27.